The van der Waals surface area contributed by atoms with Crippen molar-refractivity contribution in [3.8, 4) is 5.75 Å². The van der Waals surface area contributed by atoms with Crippen LogP contribution in [0.5, 0.6) is 5.75 Å². The van der Waals surface area contributed by atoms with Gasteiger partial charge in [-0.2, -0.15) is 17.6 Å². The molecule has 0 amide bonds. The van der Waals surface area contributed by atoms with Crippen LogP contribution in [0.3, 0.4) is 0 Å². The van der Waals surface area contributed by atoms with Crippen LogP contribution in [0.4, 0.5) is 22.0 Å². The molecule has 1 aliphatic rings. The van der Waals surface area contributed by atoms with Gasteiger partial charge in [0.05, 0.1) is 7.11 Å². The van der Waals surface area contributed by atoms with Crippen molar-refractivity contribution >= 4 is 5.57 Å². The number of rotatable bonds is 2. The number of aliphatic hydroxyl groups is 1. The monoisotopic (exact) mass is 324 g/mol. The highest BCUT2D eigenvalue weighted by molar-refractivity contribution is 5.78. The van der Waals surface area contributed by atoms with Crippen LogP contribution in [0.1, 0.15) is 19.4 Å². The fourth-order valence-electron chi connectivity index (χ4n) is 2.37. The Bertz CT molecular complexity index is 638. The number of methoxy groups -OCH3 is 1. The summed E-state index contributed by atoms with van der Waals surface area (Å²) in [6, 6.07) is 1.77. The second-order valence-corrected chi connectivity index (χ2v) is 4.98. The highest BCUT2D eigenvalue weighted by Crippen LogP contribution is 2.50. The summed E-state index contributed by atoms with van der Waals surface area (Å²) in [7, 11) is 1.04. The predicted molar refractivity (Wildman–Crippen MR) is 67.1 cm³/mol. The van der Waals surface area contributed by atoms with Gasteiger partial charge < -0.3 is 14.6 Å². The molecule has 0 saturated carbocycles. The quantitative estimate of drug-likeness (QED) is 0.847. The second-order valence-electron chi connectivity index (χ2n) is 4.98. The summed E-state index contributed by atoms with van der Waals surface area (Å²) in [5.74, 6) is -3.16. The van der Waals surface area contributed by atoms with E-state index in [1.54, 1.807) is 0 Å². The van der Waals surface area contributed by atoms with Gasteiger partial charge >= 0.3 is 6.18 Å². The highest BCUT2D eigenvalue weighted by Gasteiger charge is 2.59. The van der Waals surface area contributed by atoms with E-state index in [-0.39, 0.29) is 16.7 Å². The van der Waals surface area contributed by atoms with E-state index in [1.165, 1.54) is 0 Å². The van der Waals surface area contributed by atoms with Crippen LogP contribution < -0.4 is 4.74 Å². The molecule has 1 aliphatic heterocycles. The zero-order valence-corrected chi connectivity index (χ0v) is 11.9. The molecule has 122 valence electrons. The molecule has 0 spiro atoms. The maximum absolute atomic E-state index is 13.7. The van der Waals surface area contributed by atoms with Crippen LogP contribution in [0.2, 0.25) is 0 Å². The number of aliphatic hydroxyl groups excluding tert-OH is 1. The van der Waals surface area contributed by atoms with E-state index in [0.29, 0.717) is 0 Å². The molecule has 1 N–H and O–H groups in total. The van der Waals surface area contributed by atoms with Crippen LogP contribution in [0.15, 0.2) is 17.7 Å². The van der Waals surface area contributed by atoms with E-state index >= 15 is 0 Å². The summed E-state index contributed by atoms with van der Waals surface area (Å²) in [6.45, 7) is 1.87. The summed E-state index contributed by atoms with van der Waals surface area (Å²) in [4.78, 5) is 0. The Hall–Kier alpha value is -1.67. The van der Waals surface area contributed by atoms with E-state index in [4.69, 9.17) is 4.74 Å². The van der Waals surface area contributed by atoms with Crippen molar-refractivity contribution in [1.29, 1.82) is 0 Å². The Morgan fingerprint density at radius 3 is 2.32 bits per heavy atom. The molecular formula is C14H13F5O3. The molecule has 0 radical (unpaired) electrons. The molecule has 0 fully saturated rings. The maximum Gasteiger partial charge on any atom is 0.421 e. The van der Waals surface area contributed by atoms with Crippen molar-refractivity contribution in [2.24, 2.45) is 0 Å². The molecular weight excluding hydrogens is 311 g/mol. The van der Waals surface area contributed by atoms with E-state index in [9.17, 15) is 27.1 Å². The van der Waals surface area contributed by atoms with E-state index in [2.05, 4.69) is 4.74 Å². The minimum absolute atomic E-state index is 0.195. The Morgan fingerprint density at radius 2 is 1.86 bits per heavy atom. The summed E-state index contributed by atoms with van der Waals surface area (Å²) in [5, 5.41) is 9.84. The Morgan fingerprint density at radius 1 is 1.27 bits per heavy atom. The van der Waals surface area contributed by atoms with Crippen molar-refractivity contribution in [2.75, 3.05) is 7.11 Å². The molecule has 2 rings (SSSR count). The van der Waals surface area contributed by atoms with Gasteiger partial charge in [-0.1, -0.05) is 0 Å². The minimum Gasteiger partial charge on any atom is -0.493 e. The van der Waals surface area contributed by atoms with Crippen molar-refractivity contribution in [2.45, 2.75) is 31.9 Å². The maximum atomic E-state index is 13.7. The van der Waals surface area contributed by atoms with Crippen molar-refractivity contribution in [1.82, 2.24) is 0 Å². The summed E-state index contributed by atoms with van der Waals surface area (Å²) in [5.41, 5.74) is -3.57. The van der Waals surface area contributed by atoms with Gasteiger partial charge in [0.15, 0.2) is 23.5 Å². The van der Waals surface area contributed by atoms with Crippen LogP contribution in [-0.2, 0) is 4.74 Å². The number of hydrogen-bond acceptors (Lipinski definition) is 3. The lowest BCUT2D eigenvalue weighted by Crippen LogP contribution is -2.44. The largest absolute Gasteiger partial charge is 0.493 e. The average molecular weight is 324 g/mol. The third-order valence-corrected chi connectivity index (χ3v) is 3.80. The van der Waals surface area contributed by atoms with Crippen LogP contribution >= 0.6 is 0 Å². The van der Waals surface area contributed by atoms with E-state index in [0.717, 1.165) is 33.1 Å². The number of benzene rings is 1. The highest BCUT2D eigenvalue weighted by atomic mass is 19.4. The molecule has 2 atom stereocenters. The van der Waals surface area contributed by atoms with E-state index in [1.807, 2.05) is 0 Å². The zero-order chi connectivity index (χ0) is 16.9. The first kappa shape index (κ1) is 16.7. The van der Waals surface area contributed by atoms with Gasteiger partial charge in [0.25, 0.3) is 0 Å². The number of ether oxygens (including phenoxy) is 2. The molecule has 8 heteroatoms. The zero-order valence-electron chi connectivity index (χ0n) is 11.9. The van der Waals surface area contributed by atoms with Crippen LogP contribution in [0.25, 0.3) is 5.57 Å². The van der Waals surface area contributed by atoms with Crippen LogP contribution in [0, 0.1) is 11.6 Å². The Kier molecular flexibility index (Phi) is 3.95. The summed E-state index contributed by atoms with van der Waals surface area (Å²) < 4.78 is 75.8. The molecule has 3 nitrogen and oxygen atoms in total. The normalized spacial score (nSPS) is 25.8. The molecule has 0 aromatic heterocycles. The molecule has 1 heterocycles. The van der Waals surface area contributed by atoms with Gasteiger partial charge in [-0.25, -0.2) is 4.39 Å². The first-order chi connectivity index (χ1) is 10.0. The van der Waals surface area contributed by atoms with Gasteiger partial charge in [-0.3, -0.25) is 0 Å². The van der Waals surface area contributed by atoms with Gasteiger partial charge in [0.1, 0.15) is 0 Å². The van der Waals surface area contributed by atoms with Crippen molar-refractivity contribution in [3.63, 3.8) is 0 Å². The molecule has 0 saturated heterocycles. The number of alkyl halides is 3. The summed E-state index contributed by atoms with van der Waals surface area (Å²) >= 11 is 0. The topological polar surface area (TPSA) is 38.7 Å². The molecule has 1 aromatic rings. The molecule has 0 bridgehead atoms. The Balaban J connectivity index is 2.69. The number of hydrogen-bond donors (Lipinski definition) is 1. The molecule has 0 aliphatic carbocycles. The average Bonchev–Trinajstić information content (AvgIpc) is 2.64. The van der Waals surface area contributed by atoms with Crippen molar-refractivity contribution in [3.05, 3.63) is 34.9 Å². The standard InChI is InChI=1S/C14H13F5O3/c1-6-9(12(20)22-13(6,2)14(17,18)19)7-4-5-8(15)10(16)11(7)21-3/h4-5,12,20H,1-3H3/t12?,13-/m1/s1. The lowest BCUT2D eigenvalue weighted by molar-refractivity contribution is -0.275. The lowest BCUT2D eigenvalue weighted by Gasteiger charge is -2.28. The molecule has 1 unspecified atom stereocenters. The predicted octanol–water partition coefficient (Wildman–Crippen LogP) is 3.42. The third-order valence-electron chi connectivity index (χ3n) is 3.80. The third kappa shape index (κ3) is 2.26. The van der Waals surface area contributed by atoms with Gasteiger partial charge in [0, 0.05) is 11.1 Å². The molecule has 1 aromatic carbocycles. The minimum atomic E-state index is -4.79. The smallest absolute Gasteiger partial charge is 0.421 e. The SMILES string of the molecule is COc1c(C2=C(C)[C@](C)(C(F)(F)F)OC2O)ccc(F)c1F. The summed E-state index contributed by atoms with van der Waals surface area (Å²) in [6.07, 6.45) is -6.73. The van der Waals surface area contributed by atoms with Gasteiger partial charge in [-0.15, -0.1) is 0 Å². The van der Waals surface area contributed by atoms with E-state index < -0.39 is 35.5 Å². The fraction of sp³-hybridized carbons (Fsp3) is 0.429. The second kappa shape index (κ2) is 5.20. The van der Waals surface area contributed by atoms with Gasteiger partial charge in [-0.05, 0) is 31.6 Å². The van der Waals surface area contributed by atoms with Gasteiger partial charge in [0.2, 0.25) is 5.82 Å². The lowest BCUT2D eigenvalue weighted by atomic mass is 9.91. The van der Waals surface area contributed by atoms with Crippen LogP contribution in [-0.4, -0.2) is 30.3 Å². The molecule has 22 heavy (non-hydrogen) atoms. The number of halogens is 5. The van der Waals surface area contributed by atoms with Crippen molar-refractivity contribution < 1.29 is 36.5 Å². The first-order valence-corrected chi connectivity index (χ1v) is 6.20. The fourth-order valence-corrected chi connectivity index (χ4v) is 2.37. The Labute approximate surface area is 123 Å². The first-order valence-electron chi connectivity index (χ1n) is 6.20.